The van der Waals surface area contributed by atoms with Crippen molar-refractivity contribution in [1.29, 1.82) is 0 Å². The SMILES string of the molecule is CCCCCCCCCCCCCCCCCCCCCCCCCCCCCCCC(=O)N[C@@H](CO[C@@H]1O[C@H](CO)[C@H](O)C(O)C1O)[C@H](O)CCCCCCCCCCCCCCCCCCC. The summed E-state index contributed by atoms with van der Waals surface area (Å²) >= 11 is 0. The smallest absolute Gasteiger partial charge is 0.220 e. The van der Waals surface area contributed by atoms with E-state index in [2.05, 4.69) is 19.2 Å². The Morgan fingerprint density at radius 2 is 0.725 bits per heavy atom. The Balaban J connectivity index is 2.12. The van der Waals surface area contributed by atoms with Crippen LogP contribution in [-0.4, -0.2) is 87.5 Å². The minimum absolute atomic E-state index is 0.131. The van der Waals surface area contributed by atoms with Crippen LogP contribution < -0.4 is 5.32 Å². The summed E-state index contributed by atoms with van der Waals surface area (Å²) in [5, 5.41) is 54.7. The van der Waals surface area contributed by atoms with E-state index >= 15 is 0 Å². The van der Waals surface area contributed by atoms with E-state index < -0.39 is 49.5 Å². The molecular weight excluding hydrogens is 863 g/mol. The van der Waals surface area contributed by atoms with Crippen molar-refractivity contribution in [2.24, 2.45) is 0 Å². The standard InChI is InChI=1S/C60H119NO8/c1-3-5-7-9-11-13-15-17-19-21-22-23-24-25-26-27-28-29-30-31-32-34-36-38-40-42-44-46-48-50-56(64)61-53(52-68-60-59(67)58(66)57(65)55(51-62)69-60)54(63)49-47-45-43-41-39-37-35-33-20-18-16-14-12-10-8-6-4-2/h53-55,57-60,62-63,65-67H,3-52H2,1-2H3,(H,61,64)/t53-,54+,55+,57-,58?,59?,60+/m0/s1. The van der Waals surface area contributed by atoms with Crippen LogP contribution in [0.2, 0.25) is 0 Å². The number of unbranched alkanes of at least 4 members (excludes halogenated alkanes) is 44. The zero-order valence-electron chi connectivity index (χ0n) is 45.9. The van der Waals surface area contributed by atoms with Gasteiger partial charge in [-0.1, -0.05) is 303 Å². The molecule has 412 valence electrons. The predicted octanol–water partition coefficient (Wildman–Crippen LogP) is 15.4. The van der Waals surface area contributed by atoms with E-state index in [0.717, 1.165) is 38.5 Å². The summed E-state index contributed by atoms with van der Waals surface area (Å²) in [6.07, 6.45) is 54.3. The van der Waals surface area contributed by atoms with Crippen LogP contribution in [-0.2, 0) is 14.3 Å². The van der Waals surface area contributed by atoms with Crippen LogP contribution in [0.4, 0.5) is 0 Å². The van der Waals surface area contributed by atoms with Crippen LogP contribution in [0, 0.1) is 0 Å². The number of hydrogen-bond donors (Lipinski definition) is 6. The molecule has 9 nitrogen and oxygen atoms in total. The van der Waals surface area contributed by atoms with E-state index in [1.165, 1.54) is 257 Å². The van der Waals surface area contributed by atoms with E-state index in [-0.39, 0.29) is 12.5 Å². The van der Waals surface area contributed by atoms with Crippen LogP contribution in [0.5, 0.6) is 0 Å². The normalized spacial score (nSPS) is 19.3. The Morgan fingerprint density at radius 3 is 1.03 bits per heavy atom. The fourth-order valence-corrected chi connectivity index (χ4v) is 10.3. The molecular formula is C60H119NO8. The Bertz CT molecular complexity index is 1050. The summed E-state index contributed by atoms with van der Waals surface area (Å²) in [6.45, 7) is 3.89. The Kier molecular flexibility index (Phi) is 48.7. The maximum absolute atomic E-state index is 13.1. The topological polar surface area (TPSA) is 149 Å². The minimum Gasteiger partial charge on any atom is -0.394 e. The van der Waals surface area contributed by atoms with Crippen LogP contribution in [0.1, 0.15) is 322 Å². The van der Waals surface area contributed by atoms with Gasteiger partial charge in [0.2, 0.25) is 5.91 Å². The van der Waals surface area contributed by atoms with E-state index in [9.17, 15) is 30.3 Å². The minimum atomic E-state index is -1.55. The Morgan fingerprint density at radius 1 is 0.435 bits per heavy atom. The number of aliphatic hydroxyl groups is 5. The van der Waals surface area contributed by atoms with Crippen molar-refractivity contribution in [3.8, 4) is 0 Å². The number of carbonyl (C=O) groups excluding carboxylic acids is 1. The highest BCUT2D eigenvalue weighted by atomic mass is 16.7. The van der Waals surface area contributed by atoms with Gasteiger partial charge in [-0.25, -0.2) is 0 Å². The van der Waals surface area contributed by atoms with Gasteiger partial charge in [-0.15, -0.1) is 0 Å². The van der Waals surface area contributed by atoms with Gasteiger partial charge >= 0.3 is 0 Å². The van der Waals surface area contributed by atoms with Crippen molar-refractivity contribution < 1.29 is 39.8 Å². The molecule has 1 saturated heterocycles. The summed E-state index contributed by atoms with van der Waals surface area (Å²) < 4.78 is 11.3. The van der Waals surface area contributed by atoms with Gasteiger partial charge in [0.25, 0.3) is 0 Å². The molecule has 0 bridgehead atoms. The van der Waals surface area contributed by atoms with Crippen molar-refractivity contribution >= 4 is 5.91 Å². The second-order valence-corrected chi connectivity index (χ2v) is 21.9. The molecule has 1 aliphatic heterocycles. The molecule has 0 spiro atoms. The lowest BCUT2D eigenvalue weighted by atomic mass is 9.99. The Hall–Kier alpha value is -0.810. The number of nitrogens with one attached hydrogen (secondary N) is 1. The summed E-state index contributed by atoms with van der Waals surface area (Å²) in [5.41, 5.74) is 0. The van der Waals surface area contributed by atoms with Crippen molar-refractivity contribution in [3.63, 3.8) is 0 Å². The van der Waals surface area contributed by atoms with Gasteiger partial charge in [0.15, 0.2) is 6.29 Å². The average molecular weight is 983 g/mol. The van der Waals surface area contributed by atoms with E-state index in [1.54, 1.807) is 0 Å². The van der Waals surface area contributed by atoms with Gasteiger partial charge in [0, 0.05) is 6.42 Å². The first kappa shape index (κ1) is 66.2. The third-order valence-electron chi connectivity index (χ3n) is 15.2. The summed E-state index contributed by atoms with van der Waals surface area (Å²) in [5.74, 6) is -0.135. The van der Waals surface area contributed by atoms with Gasteiger partial charge in [-0.05, 0) is 12.8 Å². The second-order valence-electron chi connectivity index (χ2n) is 21.9. The summed E-state index contributed by atoms with van der Waals surface area (Å²) in [7, 11) is 0. The third-order valence-corrected chi connectivity index (χ3v) is 15.2. The maximum Gasteiger partial charge on any atom is 0.220 e. The lowest BCUT2D eigenvalue weighted by Gasteiger charge is -2.40. The van der Waals surface area contributed by atoms with Gasteiger partial charge in [-0.2, -0.15) is 0 Å². The first-order chi connectivity index (χ1) is 33.8. The third kappa shape index (κ3) is 40.3. The number of hydrogen-bond acceptors (Lipinski definition) is 8. The molecule has 1 fully saturated rings. The van der Waals surface area contributed by atoms with Crippen molar-refractivity contribution in [2.45, 2.75) is 365 Å². The molecule has 0 saturated carbocycles. The molecule has 0 radical (unpaired) electrons. The quantitative estimate of drug-likeness (QED) is 0.0330. The molecule has 0 aliphatic carbocycles. The van der Waals surface area contributed by atoms with E-state index in [0.29, 0.717) is 12.8 Å². The van der Waals surface area contributed by atoms with Crippen molar-refractivity contribution in [1.82, 2.24) is 5.32 Å². The van der Waals surface area contributed by atoms with Gasteiger partial charge in [-0.3, -0.25) is 4.79 Å². The highest BCUT2D eigenvalue weighted by Gasteiger charge is 2.44. The number of carbonyl (C=O) groups is 1. The molecule has 1 aliphatic rings. The average Bonchev–Trinajstić information content (AvgIpc) is 3.35. The molecule has 6 N–H and O–H groups in total. The lowest BCUT2D eigenvalue weighted by molar-refractivity contribution is -0.302. The molecule has 0 aromatic heterocycles. The molecule has 2 unspecified atom stereocenters. The lowest BCUT2D eigenvalue weighted by Crippen LogP contribution is -2.60. The first-order valence-electron chi connectivity index (χ1n) is 30.7. The second kappa shape index (κ2) is 50.7. The molecule has 7 atom stereocenters. The molecule has 1 rings (SSSR count). The van der Waals surface area contributed by atoms with Crippen LogP contribution >= 0.6 is 0 Å². The zero-order chi connectivity index (χ0) is 50.1. The highest BCUT2D eigenvalue weighted by molar-refractivity contribution is 5.76. The first-order valence-corrected chi connectivity index (χ1v) is 30.7. The molecule has 69 heavy (non-hydrogen) atoms. The van der Waals surface area contributed by atoms with Crippen LogP contribution in [0.3, 0.4) is 0 Å². The van der Waals surface area contributed by atoms with Gasteiger partial charge < -0.3 is 40.3 Å². The van der Waals surface area contributed by atoms with Crippen LogP contribution in [0.25, 0.3) is 0 Å². The molecule has 9 heteroatoms. The molecule has 1 heterocycles. The van der Waals surface area contributed by atoms with E-state index in [1.807, 2.05) is 0 Å². The van der Waals surface area contributed by atoms with Crippen LogP contribution in [0.15, 0.2) is 0 Å². The zero-order valence-corrected chi connectivity index (χ0v) is 45.9. The fourth-order valence-electron chi connectivity index (χ4n) is 10.3. The van der Waals surface area contributed by atoms with E-state index in [4.69, 9.17) is 9.47 Å². The van der Waals surface area contributed by atoms with Crippen molar-refractivity contribution in [3.05, 3.63) is 0 Å². The monoisotopic (exact) mass is 982 g/mol. The number of ether oxygens (including phenoxy) is 2. The predicted molar refractivity (Wildman–Crippen MR) is 291 cm³/mol. The number of rotatable bonds is 54. The summed E-state index contributed by atoms with van der Waals surface area (Å²) in [6, 6.07) is -0.713. The largest absolute Gasteiger partial charge is 0.394 e. The maximum atomic E-state index is 13.1. The Labute approximate surface area is 427 Å². The highest BCUT2D eigenvalue weighted by Crippen LogP contribution is 2.24. The van der Waals surface area contributed by atoms with Gasteiger partial charge in [0.05, 0.1) is 25.4 Å². The summed E-state index contributed by atoms with van der Waals surface area (Å²) in [4.78, 5) is 13.1. The molecule has 0 aromatic rings. The van der Waals surface area contributed by atoms with Gasteiger partial charge in [0.1, 0.15) is 24.4 Å². The molecule has 1 amide bonds. The fraction of sp³-hybridized carbons (Fsp3) is 0.983. The number of aliphatic hydroxyl groups excluding tert-OH is 5. The van der Waals surface area contributed by atoms with Crippen molar-refractivity contribution in [2.75, 3.05) is 13.2 Å². The molecule has 0 aromatic carbocycles. The number of amides is 1.